The first-order chi connectivity index (χ1) is 9.72. The van der Waals surface area contributed by atoms with Crippen LogP contribution in [0.4, 0.5) is 4.79 Å². The van der Waals surface area contributed by atoms with Gasteiger partial charge in [0.25, 0.3) is 0 Å². The van der Waals surface area contributed by atoms with E-state index in [-0.39, 0.29) is 6.10 Å². The number of carbonyl (C=O) groups is 1. The average molecular weight is 285 g/mol. The minimum atomic E-state index is -0.537. The quantitative estimate of drug-likeness (QED) is 0.455. The van der Waals surface area contributed by atoms with Crippen molar-refractivity contribution in [1.29, 1.82) is 0 Å². The van der Waals surface area contributed by atoms with Crippen LogP contribution in [-0.4, -0.2) is 30.4 Å². The lowest BCUT2D eigenvalue weighted by Gasteiger charge is -2.25. The van der Waals surface area contributed by atoms with Gasteiger partial charge in [-0.25, -0.2) is 4.79 Å². The molecule has 0 aromatic carbocycles. The van der Waals surface area contributed by atoms with Gasteiger partial charge in [0, 0.05) is 13.1 Å². The summed E-state index contributed by atoms with van der Waals surface area (Å²) in [6, 6.07) is 0. The monoisotopic (exact) mass is 285 g/mol. The fourth-order valence-corrected chi connectivity index (χ4v) is 2.52. The SMILES string of the molecule is CCCCCCCCC(C)OC(=O)ON1CCCCC1. The maximum absolute atomic E-state index is 11.6. The van der Waals surface area contributed by atoms with Crippen molar-refractivity contribution in [2.24, 2.45) is 0 Å². The molecule has 4 nitrogen and oxygen atoms in total. The number of rotatable bonds is 9. The molecule has 1 heterocycles. The Morgan fingerprint density at radius 2 is 1.70 bits per heavy atom. The van der Waals surface area contributed by atoms with Crippen molar-refractivity contribution in [3.05, 3.63) is 0 Å². The standard InChI is InChI=1S/C16H31NO3/c1-3-4-5-6-7-9-12-15(2)19-16(18)20-17-13-10-8-11-14-17/h15H,3-14H2,1-2H3. The lowest BCUT2D eigenvalue weighted by molar-refractivity contribution is -0.142. The second-order valence-corrected chi connectivity index (χ2v) is 5.82. The predicted octanol–water partition coefficient (Wildman–Crippen LogP) is 4.68. The molecule has 0 N–H and O–H groups in total. The molecule has 1 saturated heterocycles. The molecule has 0 bridgehead atoms. The first-order valence-electron chi connectivity index (χ1n) is 8.36. The molecule has 1 unspecified atom stereocenters. The molecular weight excluding hydrogens is 254 g/mol. The van der Waals surface area contributed by atoms with Gasteiger partial charge in [0.1, 0.15) is 6.10 Å². The predicted molar refractivity (Wildman–Crippen MR) is 80.4 cm³/mol. The van der Waals surface area contributed by atoms with E-state index in [0.29, 0.717) is 0 Å². The first kappa shape index (κ1) is 17.3. The molecule has 0 aromatic rings. The molecule has 0 spiro atoms. The Hall–Kier alpha value is -0.770. The van der Waals surface area contributed by atoms with Crippen LogP contribution >= 0.6 is 0 Å². The first-order valence-corrected chi connectivity index (χ1v) is 8.36. The number of unbranched alkanes of at least 4 members (excludes halogenated alkanes) is 5. The Balaban J connectivity index is 1.99. The highest BCUT2D eigenvalue weighted by Gasteiger charge is 2.17. The van der Waals surface area contributed by atoms with Gasteiger partial charge in [-0.3, -0.25) is 0 Å². The van der Waals surface area contributed by atoms with Gasteiger partial charge in [0.15, 0.2) is 0 Å². The van der Waals surface area contributed by atoms with Crippen molar-refractivity contribution in [3.8, 4) is 0 Å². The van der Waals surface area contributed by atoms with Crippen molar-refractivity contribution in [2.75, 3.05) is 13.1 Å². The van der Waals surface area contributed by atoms with Crippen LogP contribution in [0.3, 0.4) is 0 Å². The van der Waals surface area contributed by atoms with Gasteiger partial charge < -0.3 is 9.57 Å². The second kappa shape index (κ2) is 11.0. The van der Waals surface area contributed by atoms with Gasteiger partial charge in [0.05, 0.1) is 0 Å². The molecule has 0 aliphatic carbocycles. The molecule has 0 radical (unpaired) electrons. The third kappa shape index (κ3) is 8.41. The molecule has 1 atom stereocenters. The van der Waals surface area contributed by atoms with Crippen LogP contribution in [0.2, 0.25) is 0 Å². The van der Waals surface area contributed by atoms with E-state index in [9.17, 15) is 4.79 Å². The number of nitrogens with zero attached hydrogens (tertiary/aromatic N) is 1. The molecule has 0 amide bonds. The summed E-state index contributed by atoms with van der Waals surface area (Å²) in [5.41, 5.74) is 0. The summed E-state index contributed by atoms with van der Waals surface area (Å²) < 4.78 is 5.28. The van der Waals surface area contributed by atoms with E-state index in [4.69, 9.17) is 9.57 Å². The lowest BCUT2D eigenvalue weighted by atomic mass is 10.1. The molecule has 4 heteroatoms. The Labute approximate surface area is 123 Å². The summed E-state index contributed by atoms with van der Waals surface area (Å²) in [5.74, 6) is 0. The summed E-state index contributed by atoms with van der Waals surface area (Å²) in [7, 11) is 0. The van der Waals surface area contributed by atoms with E-state index in [0.717, 1.165) is 38.8 Å². The van der Waals surface area contributed by atoms with Crippen molar-refractivity contribution in [1.82, 2.24) is 5.06 Å². The molecule has 0 aromatic heterocycles. The largest absolute Gasteiger partial charge is 0.528 e. The van der Waals surface area contributed by atoms with Gasteiger partial charge in [-0.15, -0.1) is 5.06 Å². The summed E-state index contributed by atoms with van der Waals surface area (Å²) in [6.45, 7) is 5.84. The van der Waals surface area contributed by atoms with Crippen molar-refractivity contribution < 1.29 is 14.4 Å². The van der Waals surface area contributed by atoms with Gasteiger partial charge in [-0.05, 0) is 32.6 Å². The van der Waals surface area contributed by atoms with Crippen LogP contribution in [0.1, 0.15) is 78.1 Å². The third-order valence-electron chi connectivity index (χ3n) is 3.78. The van der Waals surface area contributed by atoms with Gasteiger partial charge in [-0.1, -0.05) is 45.4 Å². The van der Waals surface area contributed by atoms with Crippen LogP contribution < -0.4 is 0 Å². The Bertz CT molecular complexity index is 252. The number of hydrogen-bond donors (Lipinski definition) is 0. The highest BCUT2D eigenvalue weighted by atomic mass is 16.8. The Kier molecular flexibility index (Phi) is 9.46. The fourth-order valence-electron chi connectivity index (χ4n) is 2.52. The van der Waals surface area contributed by atoms with E-state index < -0.39 is 6.16 Å². The van der Waals surface area contributed by atoms with E-state index in [2.05, 4.69) is 6.92 Å². The average Bonchev–Trinajstić information content (AvgIpc) is 2.43. The summed E-state index contributed by atoms with van der Waals surface area (Å²) in [5, 5.41) is 1.73. The number of carbonyl (C=O) groups excluding carboxylic acids is 1. The van der Waals surface area contributed by atoms with Crippen molar-refractivity contribution >= 4 is 6.16 Å². The van der Waals surface area contributed by atoms with E-state index in [1.807, 2.05) is 6.92 Å². The number of ether oxygens (including phenoxy) is 1. The minimum absolute atomic E-state index is 0.0431. The number of piperidine rings is 1. The van der Waals surface area contributed by atoms with Gasteiger partial charge >= 0.3 is 6.16 Å². The lowest BCUT2D eigenvalue weighted by Crippen LogP contribution is -2.33. The number of hydroxylamine groups is 2. The zero-order valence-corrected chi connectivity index (χ0v) is 13.2. The Morgan fingerprint density at radius 1 is 1.05 bits per heavy atom. The highest BCUT2D eigenvalue weighted by molar-refractivity contribution is 5.59. The minimum Gasteiger partial charge on any atom is -0.430 e. The third-order valence-corrected chi connectivity index (χ3v) is 3.78. The summed E-state index contributed by atoms with van der Waals surface area (Å²) >= 11 is 0. The second-order valence-electron chi connectivity index (χ2n) is 5.82. The summed E-state index contributed by atoms with van der Waals surface area (Å²) in [4.78, 5) is 16.8. The fraction of sp³-hybridized carbons (Fsp3) is 0.938. The molecule has 0 saturated carbocycles. The van der Waals surface area contributed by atoms with Crippen molar-refractivity contribution in [3.63, 3.8) is 0 Å². The smallest absolute Gasteiger partial charge is 0.430 e. The van der Waals surface area contributed by atoms with E-state index in [1.54, 1.807) is 5.06 Å². The molecule has 20 heavy (non-hydrogen) atoms. The zero-order valence-electron chi connectivity index (χ0n) is 13.2. The normalized spacial score (nSPS) is 17.7. The Morgan fingerprint density at radius 3 is 2.40 bits per heavy atom. The van der Waals surface area contributed by atoms with Crippen molar-refractivity contribution in [2.45, 2.75) is 84.2 Å². The molecule has 1 fully saturated rings. The van der Waals surface area contributed by atoms with Crippen LogP contribution in [0, 0.1) is 0 Å². The maximum Gasteiger partial charge on any atom is 0.528 e. The molecule has 118 valence electrons. The molecule has 1 rings (SSSR count). The summed E-state index contributed by atoms with van der Waals surface area (Å²) in [6.07, 6.45) is 11.4. The van der Waals surface area contributed by atoms with Gasteiger partial charge in [-0.2, -0.15) is 0 Å². The molecule has 1 aliphatic rings. The van der Waals surface area contributed by atoms with Crippen LogP contribution in [0.25, 0.3) is 0 Å². The van der Waals surface area contributed by atoms with E-state index in [1.165, 1.54) is 38.5 Å². The van der Waals surface area contributed by atoms with Crippen LogP contribution in [0.15, 0.2) is 0 Å². The number of hydrogen-bond acceptors (Lipinski definition) is 4. The topological polar surface area (TPSA) is 38.8 Å². The van der Waals surface area contributed by atoms with E-state index >= 15 is 0 Å². The maximum atomic E-state index is 11.6. The van der Waals surface area contributed by atoms with Crippen LogP contribution in [0.5, 0.6) is 0 Å². The zero-order chi connectivity index (χ0) is 14.6. The highest BCUT2D eigenvalue weighted by Crippen LogP contribution is 2.13. The van der Waals surface area contributed by atoms with Gasteiger partial charge in [0.2, 0.25) is 0 Å². The molecule has 1 aliphatic heterocycles. The molecular formula is C16H31NO3. The van der Waals surface area contributed by atoms with Crippen LogP contribution in [-0.2, 0) is 9.57 Å².